The molecule has 0 saturated heterocycles. The van der Waals surface area contributed by atoms with Gasteiger partial charge in [-0.15, -0.1) is 0 Å². The second-order valence-electron chi connectivity index (χ2n) is 2.94. The molecule has 0 aromatic heterocycles. The number of hydrogen-bond donors (Lipinski definition) is 3. The molecule has 5 N–H and O–H groups in total. The summed E-state index contributed by atoms with van der Waals surface area (Å²) < 4.78 is 0. The van der Waals surface area contributed by atoms with Gasteiger partial charge in [0.1, 0.15) is 6.54 Å². The van der Waals surface area contributed by atoms with E-state index in [0.717, 1.165) is 0 Å². The van der Waals surface area contributed by atoms with Crippen LogP contribution >= 0.6 is 0 Å². The molecule has 0 radical (unpaired) electrons. The zero-order valence-electron chi connectivity index (χ0n) is 7.50. The van der Waals surface area contributed by atoms with Crippen molar-refractivity contribution >= 4 is 11.9 Å². The number of hydrogen-bond acceptors (Lipinski definition) is 2. The van der Waals surface area contributed by atoms with Crippen LogP contribution in [0.2, 0.25) is 0 Å². The zero-order chi connectivity index (χ0) is 9.56. The van der Waals surface area contributed by atoms with Gasteiger partial charge in [-0.25, -0.2) is 4.99 Å². The molecule has 0 rings (SSSR count). The van der Waals surface area contributed by atoms with Crippen LogP contribution in [0.25, 0.3) is 0 Å². The van der Waals surface area contributed by atoms with Gasteiger partial charge >= 0.3 is 0 Å². The first kappa shape index (κ1) is 10.7. The standard InChI is InChI=1S/C7H16N4O/c1-5(2)3-10-6(12)4-11-7(8)9/h5H,3-4H2,1-2H3,(H,10,12)(H4,8,9,11). The van der Waals surface area contributed by atoms with Crippen LogP contribution in [0.15, 0.2) is 4.99 Å². The second kappa shape index (κ2) is 5.40. The maximum absolute atomic E-state index is 10.9. The Bertz CT molecular complexity index is 172. The molecule has 0 aromatic rings. The lowest BCUT2D eigenvalue weighted by Crippen LogP contribution is -2.31. The molecule has 70 valence electrons. The predicted molar refractivity (Wildman–Crippen MR) is 48.5 cm³/mol. The fourth-order valence-electron chi connectivity index (χ4n) is 0.537. The van der Waals surface area contributed by atoms with Crippen LogP contribution in [-0.2, 0) is 4.79 Å². The van der Waals surface area contributed by atoms with E-state index in [4.69, 9.17) is 11.5 Å². The predicted octanol–water partition coefficient (Wildman–Crippen LogP) is -0.968. The third-order valence-electron chi connectivity index (χ3n) is 1.11. The highest BCUT2D eigenvalue weighted by Crippen LogP contribution is 1.86. The van der Waals surface area contributed by atoms with Crippen molar-refractivity contribution in [2.24, 2.45) is 22.4 Å². The first-order valence-corrected chi connectivity index (χ1v) is 3.84. The van der Waals surface area contributed by atoms with Crippen LogP contribution in [0, 0.1) is 5.92 Å². The van der Waals surface area contributed by atoms with Crippen LogP contribution in [0.3, 0.4) is 0 Å². The van der Waals surface area contributed by atoms with Crippen LogP contribution in [-0.4, -0.2) is 25.0 Å². The summed E-state index contributed by atoms with van der Waals surface area (Å²) >= 11 is 0. The van der Waals surface area contributed by atoms with Crippen molar-refractivity contribution in [1.82, 2.24) is 5.32 Å². The fraction of sp³-hybridized carbons (Fsp3) is 0.714. The maximum Gasteiger partial charge on any atom is 0.241 e. The first-order valence-electron chi connectivity index (χ1n) is 3.84. The Morgan fingerprint density at radius 3 is 2.50 bits per heavy atom. The number of carbonyl (C=O) groups is 1. The summed E-state index contributed by atoms with van der Waals surface area (Å²) in [6, 6.07) is 0. The van der Waals surface area contributed by atoms with E-state index in [-0.39, 0.29) is 18.4 Å². The number of nitrogens with one attached hydrogen (secondary N) is 1. The van der Waals surface area contributed by atoms with Crippen LogP contribution < -0.4 is 16.8 Å². The van der Waals surface area contributed by atoms with Gasteiger partial charge in [-0.3, -0.25) is 4.79 Å². The number of amides is 1. The molecule has 5 nitrogen and oxygen atoms in total. The molecule has 0 atom stereocenters. The van der Waals surface area contributed by atoms with Crippen molar-refractivity contribution in [3.8, 4) is 0 Å². The van der Waals surface area contributed by atoms with Crippen molar-refractivity contribution in [2.75, 3.05) is 13.1 Å². The lowest BCUT2D eigenvalue weighted by atomic mass is 10.2. The number of rotatable bonds is 4. The zero-order valence-corrected chi connectivity index (χ0v) is 7.50. The van der Waals surface area contributed by atoms with Crippen molar-refractivity contribution in [3.05, 3.63) is 0 Å². The van der Waals surface area contributed by atoms with E-state index in [1.165, 1.54) is 0 Å². The van der Waals surface area contributed by atoms with Gasteiger partial charge in [-0.05, 0) is 5.92 Å². The Kier molecular flexibility index (Phi) is 4.83. The normalized spacial score (nSPS) is 9.58. The minimum atomic E-state index is -0.155. The van der Waals surface area contributed by atoms with E-state index in [1.54, 1.807) is 0 Å². The Hall–Kier alpha value is -1.26. The molecule has 0 bridgehead atoms. The van der Waals surface area contributed by atoms with Crippen molar-refractivity contribution in [2.45, 2.75) is 13.8 Å². The van der Waals surface area contributed by atoms with Crippen LogP contribution in [0.5, 0.6) is 0 Å². The van der Waals surface area contributed by atoms with Crippen molar-refractivity contribution in [3.63, 3.8) is 0 Å². The van der Waals surface area contributed by atoms with Crippen molar-refractivity contribution < 1.29 is 4.79 Å². The largest absolute Gasteiger partial charge is 0.370 e. The molecule has 0 fully saturated rings. The van der Waals surface area contributed by atoms with Crippen LogP contribution in [0.1, 0.15) is 13.8 Å². The molecule has 0 saturated carbocycles. The summed E-state index contributed by atoms with van der Waals surface area (Å²) in [5, 5.41) is 2.68. The molecule has 1 amide bonds. The van der Waals surface area contributed by atoms with Crippen LogP contribution in [0.4, 0.5) is 0 Å². The topological polar surface area (TPSA) is 93.5 Å². The molecule has 0 aromatic carbocycles. The van der Waals surface area contributed by atoms with E-state index in [1.807, 2.05) is 13.8 Å². The van der Waals surface area contributed by atoms with E-state index in [2.05, 4.69) is 10.3 Å². The monoisotopic (exact) mass is 172 g/mol. The molecule has 0 aliphatic heterocycles. The number of nitrogens with two attached hydrogens (primary N) is 2. The van der Waals surface area contributed by atoms with Gasteiger partial charge in [0.05, 0.1) is 0 Å². The van der Waals surface area contributed by atoms with Gasteiger partial charge in [0.25, 0.3) is 0 Å². The maximum atomic E-state index is 10.9. The summed E-state index contributed by atoms with van der Waals surface area (Å²) in [5.41, 5.74) is 10.1. The highest BCUT2D eigenvalue weighted by molar-refractivity contribution is 5.82. The lowest BCUT2D eigenvalue weighted by molar-refractivity contribution is -0.119. The molecular weight excluding hydrogens is 156 g/mol. The highest BCUT2D eigenvalue weighted by Gasteiger charge is 1.99. The summed E-state index contributed by atoms with van der Waals surface area (Å²) in [7, 11) is 0. The molecule has 12 heavy (non-hydrogen) atoms. The third kappa shape index (κ3) is 6.85. The number of carbonyl (C=O) groups excluding carboxylic acids is 1. The van der Waals surface area contributed by atoms with Gasteiger partial charge in [0.2, 0.25) is 5.91 Å². The fourth-order valence-corrected chi connectivity index (χ4v) is 0.537. The molecular formula is C7H16N4O. The quantitative estimate of drug-likeness (QED) is 0.376. The minimum absolute atomic E-state index is 0.00898. The van der Waals surface area contributed by atoms with E-state index in [9.17, 15) is 4.79 Å². The van der Waals surface area contributed by atoms with Gasteiger partial charge in [-0.2, -0.15) is 0 Å². The highest BCUT2D eigenvalue weighted by atomic mass is 16.1. The Labute approximate surface area is 72.2 Å². The van der Waals surface area contributed by atoms with E-state index in [0.29, 0.717) is 12.5 Å². The second-order valence-corrected chi connectivity index (χ2v) is 2.94. The number of guanidine groups is 1. The number of aliphatic imine (C=N–C) groups is 1. The summed E-state index contributed by atoms with van der Waals surface area (Å²) in [5.74, 6) is 0.222. The molecule has 0 aliphatic rings. The Morgan fingerprint density at radius 2 is 2.08 bits per heavy atom. The smallest absolute Gasteiger partial charge is 0.241 e. The van der Waals surface area contributed by atoms with Gasteiger partial charge in [0.15, 0.2) is 5.96 Å². The molecule has 0 spiro atoms. The lowest BCUT2D eigenvalue weighted by Gasteiger charge is -2.05. The van der Waals surface area contributed by atoms with E-state index >= 15 is 0 Å². The van der Waals surface area contributed by atoms with Gasteiger partial charge < -0.3 is 16.8 Å². The molecule has 0 aliphatic carbocycles. The molecule has 5 heteroatoms. The van der Waals surface area contributed by atoms with E-state index < -0.39 is 0 Å². The molecule has 0 heterocycles. The third-order valence-corrected chi connectivity index (χ3v) is 1.11. The molecule has 0 unspecified atom stereocenters. The minimum Gasteiger partial charge on any atom is -0.370 e. The van der Waals surface area contributed by atoms with Crippen molar-refractivity contribution in [1.29, 1.82) is 0 Å². The Balaban J connectivity index is 3.54. The summed E-state index contributed by atoms with van der Waals surface area (Å²) in [6.07, 6.45) is 0. The number of nitrogens with zero attached hydrogens (tertiary/aromatic N) is 1. The summed E-state index contributed by atoms with van der Waals surface area (Å²) in [4.78, 5) is 14.5. The van der Waals surface area contributed by atoms with Gasteiger partial charge in [-0.1, -0.05) is 13.8 Å². The summed E-state index contributed by atoms with van der Waals surface area (Å²) in [6.45, 7) is 4.69. The average Bonchev–Trinajstić information content (AvgIpc) is 1.96. The Morgan fingerprint density at radius 1 is 1.50 bits per heavy atom. The average molecular weight is 172 g/mol. The first-order chi connectivity index (χ1) is 5.52. The van der Waals surface area contributed by atoms with Gasteiger partial charge in [0, 0.05) is 6.54 Å². The SMILES string of the molecule is CC(C)CNC(=O)CN=C(N)N.